The first-order valence-corrected chi connectivity index (χ1v) is 17.3. The van der Waals surface area contributed by atoms with Crippen LogP contribution in [0.1, 0.15) is 50.5 Å². The van der Waals surface area contributed by atoms with Crippen molar-refractivity contribution in [2.24, 2.45) is 11.7 Å². The molecule has 6 rings (SSSR count). The molecule has 0 bridgehead atoms. The number of carbonyl (C=O) groups is 1. The number of esters is 1. The van der Waals surface area contributed by atoms with Gasteiger partial charge in [0.05, 0.1) is 42.0 Å². The van der Waals surface area contributed by atoms with Crippen LogP contribution in [0.4, 0.5) is 24.7 Å². The van der Waals surface area contributed by atoms with Crippen LogP contribution in [0.2, 0.25) is 5.02 Å². The van der Waals surface area contributed by atoms with Crippen molar-refractivity contribution in [3.05, 3.63) is 34.5 Å². The molecular formula is C34H43ClF3N7O4. The average Bonchev–Trinajstić information content (AvgIpc) is 3.51. The number of anilines is 2. The Balaban J connectivity index is 1.42. The summed E-state index contributed by atoms with van der Waals surface area (Å²) in [5, 5.41) is 0.119. The summed E-state index contributed by atoms with van der Waals surface area (Å²) in [6.45, 7) is 3.82. The Bertz CT molecular complexity index is 1690. The van der Waals surface area contributed by atoms with E-state index in [1.165, 1.54) is 19.4 Å². The van der Waals surface area contributed by atoms with Crippen molar-refractivity contribution in [3.63, 3.8) is 0 Å². The number of nitrogen functional groups attached to an aromatic ring is 1. The first-order chi connectivity index (χ1) is 23.6. The zero-order chi connectivity index (χ0) is 34.7. The summed E-state index contributed by atoms with van der Waals surface area (Å²) >= 11 is 6.46. The lowest BCUT2D eigenvalue weighted by Gasteiger charge is -2.31. The van der Waals surface area contributed by atoms with Crippen molar-refractivity contribution in [3.8, 4) is 17.3 Å². The van der Waals surface area contributed by atoms with Crippen LogP contribution in [-0.2, 0) is 20.7 Å². The van der Waals surface area contributed by atoms with Gasteiger partial charge in [0.15, 0.2) is 11.6 Å². The number of ether oxygens (including phenoxy) is 3. The van der Waals surface area contributed by atoms with E-state index in [1.807, 2.05) is 4.90 Å². The molecule has 0 saturated carbocycles. The van der Waals surface area contributed by atoms with Gasteiger partial charge in [0.1, 0.15) is 29.8 Å². The molecule has 2 unspecified atom stereocenters. The predicted molar refractivity (Wildman–Crippen MR) is 180 cm³/mol. The molecule has 0 spiro atoms. The number of hydrogen-bond donors (Lipinski definition) is 2. The summed E-state index contributed by atoms with van der Waals surface area (Å²) in [7, 11) is 1.31. The third-order valence-electron chi connectivity index (χ3n) is 9.96. The maximum absolute atomic E-state index is 16.9. The second kappa shape index (κ2) is 15.2. The number of nitrogens with zero attached hydrogens (tertiary/aromatic N) is 5. The van der Waals surface area contributed by atoms with E-state index < -0.39 is 23.3 Å². The van der Waals surface area contributed by atoms with Crippen LogP contribution >= 0.6 is 11.6 Å². The van der Waals surface area contributed by atoms with Crippen LogP contribution in [0.5, 0.6) is 6.01 Å². The minimum atomic E-state index is -0.940. The number of halogens is 4. The Kier molecular flexibility index (Phi) is 11.0. The first-order valence-electron chi connectivity index (χ1n) is 16.9. The number of fused-ring (bicyclic) bond motifs is 2. The van der Waals surface area contributed by atoms with Gasteiger partial charge in [0, 0.05) is 50.2 Å². The molecule has 3 aromatic rings. The van der Waals surface area contributed by atoms with Gasteiger partial charge in [0.2, 0.25) is 0 Å². The Morgan fingerprint density at radius 1 is 1.20 bits per heavy atom. The van der Waals surface area contributed by atoms with E-state index in [2.05, 4.69) is 14.9 Å². The lowest BCUT2D eigenvalue weighted by Crippen LogP contribution is -2.43. The van der Waals surface area contributed by atoms with Gasteiger partial charge in [-0.05, 0) is 63.2 Å². The SMILES string of the molecule is COC(=O)CCCCc1c(-c2ncc3c(N4CCOCC(CCN)C4)nc(OC[C@@]45CCCN4CC(F)C5)nc3c2F)cc(N)c(F)c1Cl. The van der Waals surface area contributed by atoms with E-state index in [9.17, 15) is 13.6 Å². The van der Waals surface area contributed by atoms with Gasteiger partial charge < -0.3 is 30.6 Å². The molecule has 15 heteroatoms. The van der Waals surface area contributed by atoms with Gasteiger partial charge in [-0.1, -0.05) is 11.6 Å². The number of benzene rings is 1. The number of nitrogens with two attached hydrogens (primary N) is 2. The van der Waals surface area contributed by atoms with E-state index >= 15 is 4.39 Å². The van der Waals surface area contributed by atoms with Gasteiger partial charge in [-0.3, -0.25) is 14.7 Å². The number of alkyl halides is 1. The molecule has 5 heterocycles. The molecule has 266 valence electrons. The number of unbranched alkanes of at least 4 members (excludes halogenated alkanes) is 1. The topological polar surface area (TPSA) is 142 Å². The molecule has 2 aromatic heterocycles. The van der Waals surface area contributed by atoms with Crippen molar-refractivity contribution in [1.29, 1.82) is 0 Å². The molecule has 0 radical (unpaired) electrons. The van der Waals surface area contributed by atoms with Gasteiger partial charge >= 0.3 is 12.0 Å². The molecule has 4 N–H and O–H groups in total. The number of rotatable bonds is 12. The summed E-state index contributed by atoms with van der Waals surface area (Å²) in [4.78, 5) is 29.6. The van der Waals surface area contributed by atoms with Crippen molar-refractivity contribution in [2.45, 2.75) is 63.1 Å². The average molecular weight is 706 g/mol. The van der Waals surface area contributed by atoms with Gasteiger partial charge in [0.25, 0.3) is 0 Å². The quantitative estimate of drug-likeness (QED) is 0.152. The molecular weight excluding hydrogens is 663 g/mol. The Morgan fingerprint density at radius 2 is 2.04 bits per heavy atom. The minimum absolute atomic E-state index is 0.0395. The van der Waals surface area contributed by atoms with E-state index in [-0.39, 0.29) is 64.8 Å². The number of hydrogen-bond acceptors (Lipinski definition) is 11. The predicted octanol–water partition coefficient (Wildman–Crippen LogP) is 4.85. The second-order valence-corrected chi connectivity index (χ2v) is 13.6. The standard InChI is InChI=1S/C34H43ClF3N7O4/c1-47-26(46)6-3-2-5-22-23(13-25(40)28(37)27(22)35)30-29(38)31-24(15-41-30)32(44-11-12-48-18-20(16-44)7-9-39)43-33(42-31)49-19-34-8-4-10-45(34)17-21(36)14-34/h13,15,20-21H,2-12,14,16-19,39-40H2,1H3/t20?,21?,34-/m0/s1. The van der Waals surface area contributed by atoms with Crippen LogP contribution in [0.3, 0.4) is 0 Å². The zero-order valence-electron chi connectivity index (χ0n) is 27.7. The molecule has 3 aliphatic rings. The lowest BCUT2D eigenvalue weighted by molar-refractivity contribution is -0.140. The monoisotopic (exact) mass is 705 g/mol. The third kappa shape index (κ3) is 7.38. The maximum atomic E-state index is 16.9. The highest BCUT2D eigenvalue weighted by Gasteiger charge is 2.49. The highest BCUT2D eigenvalue weighted by molar-refractivity contribution is 6.32. The number of methoxy groups -OCH3 is 1. The van der Waals surface area contributed by atoms with Crippen LogP contribution in [0, 0.1) is 17.6 Å². The summed E-state index contributed by atoms with van der Waals surface area (Å²) in [5.74, 6) is -1.41. The van der Waals surface area contributed by atoms with Crippen molar-refractivity contribution < 1.29 is 32.2 Å². The highest BCUT2D eigenvalue weighted by atomic mass is 35.5. The number of pyridine rings is 1. The minimum Gasteiger partial charge on any atom is -0.469 e. The molecule has 1 aromatic carbocycles. The molecule has 3 aliphatic heterocycles. The zero-order valence-corrected chi connectivity index (χ0v) is 28.4. The molecule has 11 nitrogen and oxygen atoms in total. The molecule has 0 aliphatic carbocycles. The summed E-state index contributed by atoms with van der Waals surface area (Å²) in [5.41, 5.74) is 11.5. The number of aromatic nitrogens is 3. The van der Waals surface area contributed by atoms with Crippen molar-refractivity contribution >= 4 is 40.0 Å². The van der Waals surface area contributed by atoms with Gasteiger partial charge in [-0.25, -0.2) is 13.2 Å². The fourth-order valence-corrected chi connectivity index (χ4v) is 7.76. The fraction of sp³-hybridized carbons (Fsp3) is 0.588. The Labute approximate surface area is 288 Å². The van der Waals surface area contributed by atoms with E-state index in [0.717, 1.165) is 25.8 Å². The van der Waals surface area contributed by atoms with Crippen LogP contribution in [-0.4, -0.2) is 97.2 Å². The van der Waals surface area contributed by atoms with E-state index in [1.54, 1.807) is 0 Å². The molecule has 3 atom stereocenters. The molecule has 49 heavy (non-hydrogen) atoms. The normalized spacial score (nSPS) is 22.8. The molecule has 3 saturated heterocycles. The maximum Gasteiger partial charge on any atom is 0.319 e. The van der Waals surface area contributed by atoms with Crippen molar-refractivity contribution in [1.82, 2.24) is 19.9 Å². The third-order valence-corrected chi connectivity index (χ3v) is 10.4. The number of carbonyl (C=O) groups excluding carboxylic acids is 1. The molecule has 3 fully saturated rings. The summed E-state index contributed by atoms with van der Waals surface area (Å²) in [6, 6.07) is 1.28. The fourth-order valence-electron chi connectivity index (χ4n) is 7.46. The van der Waals surface area contributed by atoms with Crippen molar-refractivity contribution in [2.75, 3.05) is 70.3 Å². The van der Waals surface area contributed by atoms with Gasteiger partial charge in [-0.15, -0.1) is 0 Å². The van der Waals surface area contributed by atoms with Gasteiger partial charge in [-0.2, -0.15) is 9.97 Å². The van der Waals surface area contributed by atoms with E-state index in [4.69, 9.17) is 42.3 Å². The Hall–Kier alpha value is -3.46. The van der Waals surface area contributed by atoms with E-state index in [0.29, 0.717) is 75.4 Å². The van der Waals surface area contributed by atoms with Crippen LogP contribution < -0.4 is 21.1 Å². The highest BCUT2D eigenvalue weighted by Crippen LogP contribution is 2.42. The van der Waals surface area contributed by atoms with Crippen LogP contribution in [0.15, 0.2) is 12.3 Å². The Morgan fingerprint density at radius 3 is 2.84 bits per heavy atom. The second-order valence-electron chi connectivity index (χ2n) is 13.2. The molecule has 0 amide bonds. The summed E-state index contributed by atoms with van der Waals surface area (Å²) < 4.78 is 63.2. The lowest BCUT2D eigenvalue weighted by atomic mass is 9.95. The largest absolute Gasteiger partial charge is 0.469 e. The first kappa shape index (κ1) is 35.4. The van der Waals surface area contributed by atoms with Crippen LogP contribution in [0.25, 0.3) is 22.2 Å². The summed E-state index contributed by atoms with van der Waals surface area (Å²) in [6.07, 6.45) is 4.67. The smallest absolute Gasteiger partial charge is 0.319 e.